The van der Waals surface area contributed by atoms with Crippen LogP contribution in [0.4, 0.5) is 0 Å². The minimum absolute atomic E-state index is 0.565. The number of benzene rings is 1. The molecule has 0 saturated heterocycles. The molecule has 3 aromatic rings. The zero-order valence-corrected chi connectivity index (χ0v) is 12.6. The minimum atomic E-state index is 0.565. The maximum absolute atomic E-state index is 6.29. The largest absolute Gasteiger partial charge is 0.308 e. The van der Waals surface area contributed by atoms with Crippen molar-refractivity contribution in [3.05, 3.63) is 70.6 Å². The van der Waals surface area contributed by atoms with Crippen molar-refractivity contribution in [2.45, 2.75) is 20.0 Å². The molecule has 0 aliphatic carbocycles. The van der Waals surface area contributed by atoms with Gasteiger partial charge in [-0.05, 0) is 30.2 Å². The Bertz CT molecular complexity index is 757. The molecule has 0 bridgehead atoms. The molecule has 2 aromatic heterocycles. The molecule has 0 spiro atoms. The molecule has 0 aliphatic heterocycles. The summed E-state index contributed by atoms with van der Waals surface area (Å²) in [6.07, 6.45) is 3.63. The lowest BCUT2D eigenvalue weighted by Crippen LogP contribution is -2.13. The van der Waals surface area contributed by atoms with E-state index in [-0.39, 0.29) is 0 Å². The van der Waals surface area contributed by atoms with Gasteiger partial charge in [0, 0.05) is 36.4 Å². The number of pyridine rings is 2. The van der Waals surface area contributed by atoms with Crippen LogP contribution in [0.3, 0.4) is 0 Å². The number of aromatic nitrogens is 2. The average Bonchev–Trinajstić information content (AvgIpc) is 2.50. The van der Waals surface area contributed by atoms with Gasteiger partial charge in [0.1, 0.15) is 5.15 Å². The maximum Gasteiger partial charge on any atom is 0.134 e. The molecular formula is C17H16ClN3. The average molecular weight is 298 g/mol. The molecule has 0 unspecified atom stereocenters. The van der Waals surface area contributed by atoms with Crippen LogP contribution in [-0.4, -0.2) is 9.97 Å². The summed E-state index contributed by atoms with van der Waals surface area (Å²) in [6.45, 7) is 3.49. The lowest BCUT2D eigenvalue weighted by molar-refractivity contribution is 0.690. The number of aryl methyl sites for hydroxylation is 1. The summed E-state index contributed by atoms with van der Waals surface area (Å²) >= 11 is 6.29. The van der Waals surface area contributed by atoms with Crippen LogP contribution in [0.15, 0.2) is 48.8 Å². The summed E-state index contributed by atoms with van der Waals surface area (Å²) in [4.78, 5) is 8.61. The Hall–Kier alpha value is -1.97. The number of nitrogens with zero attached hydrogens (tertiary/aromatic N) is 2. The number of fused-ring (bicyclic) bond motifs is 1. The van der Waals surface area contributed by atoms with E-state index < -0.39 is 0 Å². The van der Waals surface area contributed by atoms with Crippen LogP contribution in [0, 0.1) is 6.92 Å². The lowest BCUT2D eigenvalue weighted by Gasteiger charge is -2.09. The van der Waals surface area contributed by atoms with E-state index in [0.29, 0.717) is 11.7 Å². The fraction of sp³-hybridized carbons (Fsp3) is 0.176. The number of hydrogen-bond acceptors (Lipinski definition) is 3. The summed E-state index contributed by atoms with van der Waals surface area (Å²) < 4.78 is 0. The Labute approximate surface area is 129 Å². The van der Waals surface area contributed by atoms with Crippen molar-refractivity contribution in [2.75, 3.05) is 0 Å². The molecule has 0 amide bonds. The number of hydrogen-bond donors (Lipinski definition) is 1. The van der Waals surface area contributed by atoms with Gasteiger partial charge in [0.2, 0.25) is 0 Å². The first kappa shape index (κ1) is 14.0. The summed E-state index contributed by atoms with van der Waals surface area (Å²) in [6, 6.07) is 12.2. The van der Waals surface area contributed by atoms with Crippen molar-refractivity contribution in [3.8, 4) is 0 Å². The Kier molecular flexibility index (Phi) is 4.13. The molecule has 0 radical (unpaired) electrons. The second-order valence-corrected chi connectivity index (χ2v) is 5.41. The second kappa shape index (κ2) is 6.20. The first-order valence-corrected chi connectivity index (χ1v) is 7.26. The van der Waals surface area contributed by atoms with Gasteiger partial charge in [0.15, 0.2) is 0 Å². The van der Waals surface area contributed by atoms with E-state index in [4.69, 9.17) is 11.6 Å². The van der Waals surface area contributed by atoms with E-state index in [1.54, 1.807) is 6.20 Å². The molecule has 0 saturated carbocycles. The standard InChI is InChI=1S/C17H16ClN3/c1-12-4-2-6-14-8-15(17(18)21-16(12)14)11-20-10-13-5-3-7-19-9-13/h2-9,20H,10-11H2,1H3. The normalized spacial score (nSPS) is 11.0. The Balaban J connectivity index is 1.76. The van der Waals surface area contributed by atoms with Gasteiger partial charge in [-0.3, -0.25) is 4.98 Å². The third-order valence-electron chi connectivity index (χ3n) is 3.44. The third-order valence-corrected chi connectivity index (χ3v) is 3.77. The molecule has 1 aromatic carbocycles. The molecule has 21 heavy (non-hydrogen) atoms. The molecule has 3 rings (SSSR count). The number of halogens is 1. The predicted molar refractivity (Wildman–Crippen MR) is 86.3 cm³/mol. The molecule has 0 aliphatic rings. The van der Waals surface area contributed by atoms with Crippen molar-refractivity contribution >= 4 is 22.5 Å². The van der Waals surface area contributed by atoms with Gasteiger partial charge >= 0.3 is 0 Å². The van der Waals surface area contributed by atoms with Gasteiger partial charge < -0.3 is 5.32 Å². The van der Waals surface area contributed by atoms with Crippen molar-refractivity contribution in [2.24, 2.45) is 0 Å². The van der Waals surface area contributed by atoms with Gasteiger partial charge in [-0.1, -0.05) is 35.9 Å². The van der Waals surface area contributed by atoms with Gasteiger partial charge in [-0.15, -0.1) is 0 Å². The molecule has 2 heterocycles. The minimum Gasteiger partial charge on any atom is -0.308 e. The molecule has 0 atom stereocenters. The summed E-state index contributed by atoms with van der Waals surface area (Å²) in [7, 11) is 0. The van der Waals surface area contributed by atoms with Crippen molar-refractivity contribution in [1.29, 1.82) is 0 Å². The lowest BCUT2D eigenvalue weighted by atomic mass is 10.1. The highest BCUT2D eigenvalue weighted by molar-refractivity contribution is 6.30. The summed E-state index contributed by atoms with van der Waals surface area (Å²) in [5.74, 6) is 0. The topological polar surface area (TPSA) is 37.8 Å². The van der Waals surface area contributed by atoms with Crippen molar-refractivity contribution in [1.82, 2.24) is 15.3 Å². The monoisotopic (exact) mass is 297 g/mol. The zero-order chi connectivity index (χ0) is 14.7. The smallest absolute Gasteiger partial charge is 0.134 e. The van der Waals surface area contributed by atoms with Crippen LogP contribution in [0.5, 0.6) is 0 Å². The molecule has 106 valence electrons. The highest BCUT2D eigenvalue weighted by Gasteiger charge is 2.06. The van der Waals surface area contributed by atoms with Crippen molar-refractivity contribution in [3.63, 3.8) is 0 Å². The van der Waals surface area contributed by atoms with Gasteiger partial charge in [0.25, 0.3) is 0 Å². The van der Waals surface area contributed by atoms with Crippen LogP contribution >= 0.6 is 11.6 Å². The van der Waals surface area contributed by atoms with Crippen molar-refractivity contribution < 1.29 is 0 Å². The van der Waals surface area contributed by atoms with Gasteiger partial charge in [-0.2, -0.15) is 0 Å². The van der Waals surface area contributed by atoms with Crippen LogP contribution in [-0.2, 0) is 13.1 Å². The molecule has 0 fully saturated rings. The van der Waals surface area contributed by atoms with Crippen LogP contribution in [0.2, 0.25) is 5.15 Å². The number of rotatable bonds is 4. The fourth-order valence-corrected chi connectivity index (χ4v) is 2.54. The summed E-state index contributed by atoms with van der Waals surface area (Å²) in [5.41, 5.74) is 4.28. The predicted octanol–water partition coefficient (Wildman–Crippen LogP) is 3.88. The van der Waals surface area contributed by atoms with Gasteiger partial charge in [-0.25, -0.2) is 4.98 Å². The Morgan fingerprint density at radius 2 is 2.05 bits per heavy atom. The first-order chi connectivity index (χ1) is 10.2. The van der Waals surface area contributed by atoms with E-state index >= 15 is 0 Å². The van der Waals surface area contributed by atoms with E-state index in [0.717, 1.165) is 34.1 Å². The summed E-state index contributed by atoms with van der Waals surface area (Å²) in [5, 5.41) is 5.06. The number of nitrogens with one attached hydrogen (secondary N) is 1. The maximum atomic E-state index is 6.29. The fourth-order valence-electron chi connectivity index (χ4n) is 2.34. The molecule has 1 N–H and O–H groups in total. The SMILES string of the molecule is Cc1cccc2cc(CNCc3cccnc3)c(Cl)nc12. The van der Waals surface area contributed by atoms with E-state index in [2.05, 4.69) is 27.4 Å². The number of para-hydroxylation sites is 1. The van der Waals surface area contributed by atoms with Crippen LogP contribution in [0.25, 0.3) is 10.9 Å². The second-order valence-electron chi connectivity index (χ2n) is 5.05. The molecule has 4 heteroatoms. The van der Waals surface area contributed by atoms with E-state index in [1.807, 2.05) is 37.4 Å². The third kappa shape index (κ3) is 3.20. The molecule has 3 nitrogen and oxygen atoms in total. The first-order valence-electron chi connectivity index (χ1n) is 6.88. The highest BCUT2D eigenvalue weighted by atomic mass is 35.5. The Morgan fingerprint density at radius 1 is 1.14 bits per heavy atom. The van der Waals surface area contributed by atoms with Crippen LogP contribution in [0.1, 0.15) is 16.7 Å². The van der Waals surface area contributed by atoms with E-state index in [1.165, 1.54) is 0 Å². The highest BCUT2D eigenvalue weighted by Crippen LogP contribution is 2.22. The quantitative estimate of drug-likeness (QED) is 0.743. The van der Waals surface area contributed by atoms with Crippen LogP contribution < -0.4 is 5.32 Å². The Morgan fingerprint density at radius 3 is 2.86 bits per heavy atom. The molecular weight excluding hydrogens is 282 g/mol. The zero-order valence-electron chi connectivity index (χ0n) is 11.8. The van der Waals surface area contributed by atoms with E-state index in [9.17, 15) is 0 Å². The van der Waals surface area contributed by atoms with Gasteiger partial charge in [0.05, 0.1) is 5.52 Å².